The van der Waals surface area contributed by atoms with E-state index in [0.717, 1.165) is 23.9 Å². The lowest BCUT2D eigenvalue weighted by atomic mass is 10.0. The number of rotatable bonds is 7. The summed E-state index contributed by atoms with van der Waals surface area (Å²) in [7, 11) is -0.483. The number of hydrogen-bond acceptors (Lipinski definition) is 8. The van der Waals surface area contributed by atoms with Gasteiger partial charge in [-0.1, -0.05) is 6.07 Å². The minimum Gasteiger partial charge on any atom is -0.363 e. The second kappa shape index (κ2) is 10.4. The highest BCUT2D eigenvalue weighted by atomic mass is 32.2. The number of nitrogens with zero attached hydrogens (tertiary/aromatic N) is 3. The molecule has 204 valence electrons. The lowest BCUT2D eigenvalue weighted by molar-refractivity contribution is -0.207. The fraction of sp³-hybridized carbons (Fsp3) is 0.333. The van der Waals surface area contributed by atoms with Crippen LogP contribution in [0.15, 0.2) is 53.6 Å². The van der Waals surface area contributed by atoms with Crippen LogP contribution in [0.4, 0.5) is 19.0 Å². The van der Waals surface area contributed by atoms with Crippen LogP contribution in [0.1, 0.15) is 13.3 Å². The average Bonchev–Trinajstić information content (AvgIpc) is 2.85. The Morgan fingerprint density at radius 3 is 2.32 bits per heavy atom. The SMILES string of the molecule is CN(C)c1ccc(-c2ccc3c(=O)n(CC[C@](C)(C(=O)NOC(=O)C(F)(F)F)S(C)(=O)=O)ccc3c2)cn1. The topological polar surface area (TPSA) is 128 Å². The molecule has 0 spiro atoms. The number of nitrogens with one attached hydrogen (secondary N) is 1. The first kappa shape index (κ1) is 28.6. The largest absolute Gasteiger partial charge is 0.493 e. The van der Waals surface area contributed by atoms with E-state index in [4.69, 9.17) is 0 Å². The van der Waals surface area contributed by atoms with Gasteiger partial charge in [-0.3, -0.25) is 9.59 Å². The van der Waals surface area contributed by atoms with E-state index in [9.17, 15) is 36.0 Å². The number of anilines is 1. The first-order chi connectivity index (χ1) is 17.5. The smallest absolute Gasteiger partial charge is 0.363 e. The summed E-state index contributed by atoms with van der Waals surface area (Å²) in [4.78, 5) is 46.4. The van der Waals surface area contributed by atoms with Gasteiger partial charge in [-0.2, -0.15) is 18.7 Å². The molecular formula is C24H25F3N4O6S. The third kappa shape index (κ3) is 5.96. The molecule has 0 aliphatic rings. The van der Waals surface area contributed by atoms with E-state index in [1.54, 1.807) is 30.5 Å². The Bertz CT molecular complexity index is 1540. The molecule has 0 aliphatic heterocycles. The number of aryl methyl sites for hydroxylation is 1. The van der Waals surface area contributed by atoms with Crippen LogP contribution in [0.25, 0.3) is 21.9 Å². The minimum absolute atomic E-state index is 0.267. The summed E-state index contributed by atoms with van der Waals surface area (Å²) in [5.74, 6) is -3.41. The summed E-state index contributed by atoms with van der Waals surface area (Å²) in [6.45, 7) is 0.698. The van der Waals surface area contributed by atoms with Crippen molar-refractivity contribution in [2.75, 3.05) is 25.3 Å². The van der Waals surface area contributed by atoms with E-state index in [1.807, 2.05) is 31.1 Å². The molecule has 38 heavy (non-hydrogen) atoms. The van der Waals surface area contributed by atoms with Gasteiger partial charge in [-0.25, -0.2) is 18.2 Å². The predicted octanol–water partition coefficient (Wildman–Crippen LogP) is 2.46. The molecule has 2 heterocycles. The fourth-order valence-corrected chi connectivity index (χ4v) is 4.37. The van der Waals surface area contributed by atoms with E-state index >= 15 is 0 Å². The van der Waals surface area contributed by atoms with Crippen LogP contribution in [0.2, 0.25) is 0 Å². The van der Waals surface area contributed by atoms with Crippen molar-refractivity contribution in [1.29, 1.82) is 0 Å². The van der Waals surface area contributed by atoms with Gasteiger partial charge in [-0.05, 0) is 54.6 Å². The van der Waals surface area contributed by atoms with Gasteiger partial charge >= 0.3 is 12.1 Å². The van der Waals surface area contributed by atoms with E-state index in [0.29, 0.717) is 17.0 Å². The Balaban J connectivity index is 1.84. The standard InChI is InChI=1S/C24H25F3N4O6S/c1-23(38(4,35)36,21(33)29-37-22(34)24(25,26)27)10-12-31-11-9-16-13-15(5-7-18(16)20(31)32)17-6-8-19(28-14-17)30(2)3/h5-9,11,13-14H,10,12H2,1-4H3,(H,29,33)/t23-/m1/s1. The zero-order chi connectivity index (χ0) is 28.5. The molecule has 1 atom stereocenters. The number of hydrogen-bond donors (Lipinski definition) is 1. The summed E-state index contributed by atoms with van der Waals surface area (Å²) < 4.78 is 60.7. The Labute approximate surface area is 215 Å². The van der Waals surface area contributed by atoms with E-state index in [2.05, 4.69) is 9.82 Å². The summed E-state index contributed by atoms with van der Waals surface area (Å²) in [5, 5.41) is 0.946. The number of aromatic nitrogens is 2. The molecule has 14 heteroatoms. The van der Waals surface area contributed by atoms with Crippen LogP contribution < -0.4 is 15.9 Å². The van der Waals surface area contributed by atoms with E-state index < -0.39 is 44.6 Å². The molecule has 0 aliphatic carbocycles. The number of sulfone groups is 1. The second-order valence-electron chi connectivity index (χ2n) is 8.99. The van der Waals surface area contributed by atoms with Crippen molar-refractivity contribution in [2.24, 2.45) is 0 Å². The summed E-state index contributed by atoms with van der Waals surface area (Å²) in [6.07, 6.45) is -2.04. The van der Waals surface area contributed by atoms with Gasteiger partial charge in [0.25, 0.3) is 11.5 Å². The van der Waals surface area contributed by atoms with Gasteiger partial charge in [-0.15, -0.1) is 0 Å². The molecule has 1 aromatic carbocycles. The Kier molecular flexibility index (Phi) is 7.86. The van der Waals surface area contributed by atoms with Crippen molar-refractivity contribution in [3.05, 3.63) is 59.1 Å². The van der Waals surface area contributed by atoms with Crippen molar-refractivity contribution < 1.29 is 36.0 Å². The molecule has 10 nitrogen and oxygen atoms in total. The number of benzene rings is 1. The molecule has 0 fully saturated rings. The highest BCUT2D eigenvalue weighted by Crippen LogP contribution is 2.25. The number of amides is 1. The first-order valence-corrected chi connectivity index (χ1v) is 13.0. The quantitative estimate of drug-likeness (QED) is 0.442. The van der Waals surface area contributed by atoms with Crippen LogP contribution in [-0.2, 0) is 30.8 Å². The Hall–Kier alpha value is -3.94. The summed E-state index contributed by atoms with van der Waals surface area (Å²) >= 11 is 0. The zero-order valence-corrected chi connectivity index (χ0v) is 21.7. The number of halogens is 3. The van der Waals surface area contributed by atoms with Crippen LogP contribution in [-0.4, -0.2) is 61.1 Å². The van der Waals surface area contributed by atoms with Gasteiger partial charge in [0.15, 0.2) is 14.6 Å². The van der Waals surface area contributed by atoms with Crippen molar-refractivity contribution >= 4 is 38.3 Å². The molecule has 1 N–H and O–H groups in total. The van der Waals surface area contributed by atoms with Crippen molar-refractivity contribution in [3.8, 4) is 11.1 Å². The molecule has 0 bridgehead atoms. The molecule has 0 saturated heterocycles. The van der Waals surface area contributed by atoms with Gasteiger partial charge in [0.05, 0.1) is 0 Å². The monoisotopic (exact) mass is 554 g/mol. The molecule has 0 radical (unpaired) electrons. The number of hydroxylamine groups is 1. The van der Waals surface area contributed by atoms with Gasteiger partial charge in [0.2, 0.25) is 0 Å². The minimum atomic E-state index is -5.39. The molecular weight excluding hydrogens is 529 g/mol. The lowest BCUT2D eigenvalue weighted by Crippen LogP contribution is -2.51. The predicted molar refractivity (Wildman–Crippen MR) is 134 cm³/mol. The van der Waals surface area contributed by atoms with Gasteiger partial charge < -0.3 is 14.3 Å². The molecule has 0 unspecified atom stereocenters. The lowest BCUT2D eigenvalue weighted by Gasteiger charge is -2.26. The number of alkyl halides is 3. The molecule has 3 rings (SSSR count). The fourth-order valence-electron chi connectivity index (χ4n) is 3.52. The van der Waals surface area contributed by atoms with Gasteiger partial charge in [0.1, 0.15) is 5.82 Å². The second-order valence-corrected chi connectivity index (χ2v) is 11.4. The van der Waals surface area contributed by atoms with Crippen LogP contribution in [0.5, 0.6) is 0 Å². The third-order valence-corrected chi connectivity index (χ3v) is 8.14. The van der Waals surface area contributed by atoms with E-state index in [1.165, 1.54) is 16.2 Å². The third-order valence-electron chi connectivity index (χ3n) is 6.11. The van der Waals surface area contributed by atoms with Crippen molar-refractivity contribution in [2.45, 2.75) is 30.8 Å². The van der Waals surface area contributed by atoms with Crippen LogP contribution in [0.3, 0.4) is 0 Å². The normalized spacial score (nSPS) is 13.6. The summed E-state index contributed by atoms with van der Waals surface area (Å²) in [6, 6.07) is 10.6. The van der Waals surface area contributed by atoms with Crippen LogP contribution in [0, 0.1) is 0 Å². The number of pyridine rings is 2. The van der Waals surface area contributed by atoms with E-state index in [-0.39, 0.29) is 6.54 Å². The highest BCUT2D eigenvalue weighted by Gasteiger charge is 2.46. The molecule has 0 saturated carbocycles. The van der Waals surface area contributed by atoms with Crippen molar-refractivity contribution in [1.82, 2.24) is 15.0 Å². The number of carbonyl (C=O) groups is 2. The molecule has 1 amide bonds. The van der Waals surface area contributed by atoms with Crippen LogP contribution >= 0.6 is 0 Å². The molecule has 3 aromatic rings. The number of carbonyl (C=O) groups excluding carboxylic acids is 2. The maximum Gasteiger partial charge on any atom is 0.493 e. The molecule has 2 aromatic heterocycles. The average molecular weight is 555 g/mol. The number of fused-ring (bicyclic) bond motifs is 1. The maximum atomic E-state index is 13.1. The zero-order valence-electron chi connectivity index (χ0n) is 20.9. The maximum absolute atomic E-state index is 13.1. The first-order valence-electron chi connectivity index (χ1n) is 11.1. The Morgan fingerprint density at radius 2 is 1.76 bits per heavy atom. The van der Waals surface area contributed by atoms with Crippen molar-refractivity contribution in [3.63, 3.8) is 0 Å². The van der Waals surface area contributed by atoms with Gasteiger partial charge in [0, 0.05) is 50.2 Å². The Morgan fingerprint density at radius 1 is 1.11 bits per heavy atom. The highest BCUT2D eigenvalue weighted by molar-refractivity contribution is 7.92. The summed E-state index contributed by atoms with van der Waals surface area (Å²) in [5.41, 5.74) is 2.46.